The minimum atomic E-state index is -0.709. The van der Waals surface area contributed by atoms with E-state index < -0.39 is 6.04 Å². The van der Waals surface area contributed by atoms with Crippen LogP contribution in [0.25, 0.3) is 5.95 Å². The third-order valence-electron chi connectivity index (χ3n) is 6.75. The second-order valence-electron chi connectivity index (χ2n) is 9.87. The Balaban J connectivity index is 1.37. The Morgan fingerprint density at radius 3 is 2.72 bits per heavy atom. The first-order valence-electron chi connectivity index (χ1n) is 13.3. The van der Waals surface area contributed by atoms with Crippen LogP contribution >= 0.6 is 0 Å². The molecule has 12 heteroatoms. The average molecular weight is 535 g/mol. The van der Waals surface area contributed by atoms with Crippen molar-refractivity contribution >= 4 is 17.8 Å². The van der Waals surface area contributed by atoms with Crippen LogP contribution in [0.3, 0.4) is 0 Å². The molecule has 1 unspecified atom stereocenters. The number of fused-ring (bicyclic) bond motifs is 1. The number of rotatable bonds is 8. The van der Waals surface area contributed by atoms with Crippen LogP contribution in [0.2, 0.25) is 0 Å². The zero-order valence-corrected chi connectivity index (χ0v) is 22.5. The predicted octanol–water partition coefficient (Wildman–Crippen LogP) is 2.44. The van der Waals surface area contributed by atoms with Gasteiger partial charge in [-0.1, -0.05) is 26.8 Å². The lowest BCUT2D eigenvalue weighted by Gasteiger charge is -2.41. The number of anilines is 1. The quantitative estimate of drug-likeness (QED) is 0.451. The topological polar surface area (TPSA) is 127 Å². The van der Waals surface area contributed by atoms with Gasteiger partial charge in [0.05, 0.1) is 5.69 Å². The molecule has 1 saturated heterocycles. The fourth-order valence-electron chi connectivity index (χ4n) is 4.54. The molecule has 1 aromatic carbocycles. The largest absolute Gasteiger partial charge is 0.454 e. The molecule has 1 atom stereocenters. The van der Waals surface area contributed by atoms with Crippen LogP contribution in [0.15, 0.2) is 43.0 Å². The van der Waals surface area contributed by atoms with Crippen molar-refractivity contribution in [3.63, 3.8) is 0 Å². The molecule has 0 spiro atoms. The zero-order valence-electron chi connectivity index (χ0n) is 22.5. The molecule has 5 rings (SSSR count). The lowest BCUT2D eigenvalue weighted by Crippen LogP contribution is -2.62. The van der Waals surface area contributed by atoms with E-state index in [0.29, 0.717) is 56.0 Å². The summed E-state index contributed by atoms with van der Waals surface area (Å²) in [7, 11) is 0. The number of urea groups is 1. The number of benzene rings is 1. The van der Waals surface area contributed by atoms with Gasteiger partial charge in [0, 0.05) is 51.2 Å². The standard InChI is InChI=1S/C27H34N8O4/c1-4-7-29-27(37)35-11-10-33(24-13-20(18(2)3)31-26(32-24)34-9-8-28-16-34)15-21(35)25(36)30-14-19-5-6-22-23(12-19)39-17-38-22/h5-6,8-9,12-13,16,18,21H,4,7,10-11,14-15,17H2,1-3H3,(H,29,37)(H,30,36). The second-order valence-corrected chi connectivity index (χ2v) is 9.87. The Labute approximate surface area is 227 Å². The molecular weight excluding hydrogens is 500 g/mol. The number of hydrogen-bond acceptors (Lipinski definition) is 8. The van der Waals surface area contributed by atoms with Crippen molar-refractivity contribution in [1.82, 2.24) is 35.1 Å². The van der Waals surface area contributed by atoms with E-state index >= 15 is 0 Å². The molecule has 2 aliphatic heterocycles. The lowest BCUT2D eigenvalue weighted by atomic mass is 10.1. The first-order valence-corrected chi connectivity index (χ1v) is 13.3. The first kappa shape index (κ1) is 26.3. The number of nitrogens with one attached hydrogen (secondary N) is 2. The molecule has 1 fully saturated rings. The summed E-state index contributed by atoms with van der Waals surface area (Å²) in [5, 5.41) is 5.92. The maximum absolute atomic E-state index is 13.5. The van der Waals surface area contributed by atoms with Crippen LogP contribution in [0, 0.1) is 0 Å². The minimum absolute atomic E-state index is 0.177. The van der Waals surface area contributed by atoms with E-state index in [2.05, 4.69) is 29.5 Å². The van der Waals surface area contributed by atoms with Gasteiger partial charge in [0.25, 0.3) is 0 Å². The normalized spacial score (nSPS) is 16.5. The summed E-state index contributed by atoms with van der Waals surface area (Å²) >= 11 is 0. The fraction of sp³-hybridized carbons (Fsp3) is 0.444. The highest BCUT2D eigenvalue weighted by Gasteiger charge is 2.36. The Morgan fingerprint density at radius 1 is 1.10 bits per heavy atom. The zero-order chi connectivity index (χ0) is 27.4. The fourth-order valence-corrected chi connectivity index (χ4v) is 4.54. The molecule has 4 heterocycles. The van der Waals surface area contributed by atoms with E-state index in [4.69, 9.17) is 19.4 Å². The van der Waals surface area contributed by atoms with E-state index in [9.17, 15) is 9.59 Å². The van der Waals surface area contributed by atoms with E-state index in [1.54, 1.807) is 28.2 Å². The highest BCUT2D eigenvalue weighted by atomic mass is 16.7. The van der Waals surface area contributed by atoms with Crippen molar-refractivity contribution in [3.05, 3.63) is 54.2 Å². The first-order chi connectivity index (χ1) is 18.9. The van der Waals surface area contributed by atoms with Gasteiger partial charge in [-0.3, -0.25) is 9.36 Å². The van der Waals surface area contributed by atoms with Crippen molar-refractivity contribution in [3.8, 4) is 17.4 Å². The molecule has 12 nitrogen and oxygen atoms in total. The van der Waals surface area contributed by atoms with Crippen LogP contribution < -0.4 is 25.0 Å². The van der Waals surface area contributed by atoms with Gasteiger partial charge in [0.1, 0.15) is 18.2 Å². The summed E-state index contributed by atoms with van der Waals surface area (Å²) in [5.41, 5.74) is 1.76. The maximum Gasteiger partial charge on any atom is 0.318 e. The minimum Gasteiger partial charge on any atom is -0.454 e. The average Bonchev–Trinajstić information content (AvgIpc) is 3.66. The molecule has 0 aliphatic carbocycles. The number of ether oxygens (including phenoxy) is 2. The van der Waals surface area contributed by atoms with Crippen LogP contribution in [-0.4, -0.2) is 75.4 Å². The summed E-state index contributed by atoms with van der Waals surface area (Å²) in [6, 6.07) is 6.57. The number of carbonyl (C=O) groups excluding carboxylic acids is 2. The van der Waals surface area contributed by atoms with Gasteiger partial charge in [-0.05, 0) is 30.0 Å². The maximum atomic E-state index is 13.5. The van der Waals surface area contributed by atoms with Crippen LogP contribution in [0.4, 0.5) is 10.6 Å². The number of piperazine rings is 1. The van der Waals surface area contributed by atoms with Crippen molar-refractivity contribution in [2.75, 3.05) is 37.9 Å². The number of imidazole rings is 1. The molecule has 2 aromatic heterocycles. The smallest absolute Gasteiger partial charge is 0.318 e. The van der Waals surface area contributed by atoms with Crippen LogP contribution in [0.5, 0.6) is 11.5 Å². The summed E-state index contributed by atoms with van der Waals surface area (Å²) in [4.78, 5) is 43.8. The number of carbonyl (C=O) groups is 2. The Kier molecular flexibility index (Phi) is 7.80. The summed E-state index contributed by atoms with van der Waals surface area (Å²) < 4.78 is 12.6. The molecule has 2 N–H and O–H groups in total. The van der Waals surface area contributed by atoms with Crippen molar-refractivity contribution < 1.29 is 19.1 Å². The monoisotopic (exact) mass is 534 g/mol. The van der Waals surface area contributed by atoms with Gasteiger partial charge in [0.15, 0.2) is 11.5 Å². The number of hydrogen-bond donors (Lipinski definition) is 2. The molecule has 0 bridgehead atoms. The van der Waals surface area contributed by atoms with Crippen molar-refractivity contribution in [2.24, 2.45) is 0 Å². The summed E-state index contributed by atoms with van der Waals surface area (Å²) in [5.74, 6) is 2.50. The predicted molar refractivity (Wildman–Crippen MR) is 144 cm³/mol. The Bertz CT molecular complexity index is 1310. The third kappa shape index (κ3) is 5.89. The van der Waals surface area contributed by atoms with Gasteiger partial charge >= 0.3 is 6.03 Å². The second kappa shape index (κ2) is 11.6. The van der Waals surface area contributed by atoms with Gasteiger partial charge < -0.3 is 29.9 Å². The van der Waals surface area contributed by atoms with E-state index in [0.717, 1.165) is 17.7 Å². The van der Waals surface area contributed by atoms with Gasteiger partial charge in [-0.15, -0.1) is 0 Å². The van der Waals surface area contributed by atoms with Gasteiger partial charge in [-0.2, -0.15) is 4.98 Å². The van der Waals surface area contributed by atoms with E-state index in [1.165, 1.54) is 0 Å². The molecule has 39 heavy (non-hydrogen) atoms. The Morgan fingerprint density at radius 2 is 1.95 bits per heavy atom. The van der Waals surface area contributed by atoms with E-state index in [1.807, 2.05) is 36.1 Å². The van der Waals surface area contributed by atoms with Gasteiger partial charge in [0.2, 0.25) is 18.6 Å². The molecule has 206 valence electrons. The molecule has 3 amide bonds. The van der Waals surface area contributed by atoms with Crippen molar-refractivity contribution in [2.45, 2.75) is 45.7 Å². The molecule has 0 saturated carbocycles. The number of aromatic nitrogens is 4. The number of amides is 3. The third-order valence-corrected chi connectivity index (χ3v) is 6.75. The van der Waals surface area contributed by atoms with E-state index in [-0.39, 0.29) is 24.6 Å². The summed E-state index contributed by atoms with van der Waals surface area (Å²) in [6.45, 7) is 8.38. The molecule has 3 aromatic rings. The van der Waals surface area contributed by atoms with Crippen LogP contribution in [0.1, 0.15) is 44.4 Å². The molecule has 0 radical (unpaired) electrons. The van der Waals surface area contributed by atoms with Crippen molar-refractivity contribution in [1.29, 1.82) is 0 Å². The molecular formula is C27H34N8O4. The Hall–Kier alpha value is -4.35. The number of nitrogens with zero attached hydrogens (tertiary/aromatic N) is 6. The van der Waals surface area contributed by atoms with Gasteiger partial charge in [-0.25, -0.2) is 14.8 Å². The SMILES string of the molecule is CCCNC(=O)N1CCN(c2cc(C(C)C)nc(-n3ccnc3)n2)CC1C(=O)NCc1ccc2c(c1)OCO2. The molecule has 2 aliphatic rings. The highest BCUT2D eigenvalue weighted by molar-refractivity contribution is 5.88. The highest BCUT2D eigenvalue weighted by Crippen LogP contribution is 2.32. The van der Waals surface area contributed by atoms with Crippen LogP contribution in [-0.2, 0) is 11.3 Å². The summed E-state index contributed by atoms with van der Waals surface area (Å²) in [6.07, 6.45) is 5.94. The lowest BCUT2D eigenvalue weighted by molar-refractivity contribution is -0.125.